The summed E-state index contributed by atoms with van der Waals surface area (Å²) in [5.41, 5.74) is 0.949. The van der Waals surface area contributed by atoms with Crippen LogP contribution in [-0.2, 0) is 16.3 Å². The molecule has 0 saturated carbocycles. The van der Waals surface area contributed by atoms with Gasteiger partial charge in [0, 0.05) is 6.08 Å². The number of carbonyl (C=O) groups excluding carboxylic acids is 1. The molecule has 5 nitrogen and oxygen atoms in total. The van der Waals surface area contributed by atoms with Crippen LogP contribution in [0.1, 0.15) is 5.56 Å². The highest BCUT2D eigenvalue weighted by atomic mass is 16.5. The number of benzene rings is 1. The van der Waals surface area contributed by atoms with Gasteiger partial charge in [-0.15, -0.1) is 0 Å². The van der Waals surface area contributed by atoms with E-state index in [1.54, 1.807) is 6.08 Å². The standard InChI is InChI=1S/C12H11N3O2/c16-12(17-10-15-9-13-8-14-15)7-6-11-4-2-1-3-5-11/h1-9H,10H2. The lowest BCUT2D eigenvalue weighted by Gasteiger charge is -2.00. The second-order valence-electron chi connectivity index (χ2n) is 3.27. The van der Waals surface area contributed by atoms with Crippen LogP contribution in [0.15, 0.2) is 49.1 Å². The Bertz CT molecular complexity index is 492. The lowest BCUT2D eigenvalue weighted by atomic mass is 10.2. The van der Waals surface area contributed by atoms with Gasteiger partial charge >= 0.3 is 5.97 Å². The number of rotatable bonds is 4. The van der Waals surface area contributed by atoms with Crippen molar-refractivity contribution in [2.45, 2.75) is 6.73 Å². The van der Waals surface area contributed by atoms with E-state index in [-0.39, 0.29) is 6.73 Å². The topological polar surface area (TPSA) is 57.0 Å². The first-order chi connectivity index (χ1) is 8.34. The number of hydrogen-bond acceptors (Lipinski definition) is 4. The highest BCUT2D eigenvalue weighted by molar-refractivity contribution is 5.86. The summed E-state index contributed by atoms with van der Waals surface area (Å²) in [6.07, 6.45) is 5.94. The minimum absolute atomic E-state index is 0.0674. The Labute approximate surface area is 98.4 Å². The molecule has 0 fully saturated rings. The first kappa shape index (κ1) is 11.1. The maximum Gasteiger partial charge on any atom is 0.332 e. The van der Waals surface area contributed by atoms with Crippen molar-refractivity contribution in [3.8, 4) is 0 Å². The number of hydrogen-bond donors (Lipinski definition) is 0. The molecule has 2 aromatic rings. The summed E-state index contributed by atoms with van der Waals surface area (Å²) in [4.78, 5) is 15.1. The second-order valence-corrected chi connectivity index (χ2v) is 3.27. The van der Waals surface area contributed by atoms with Crippen LogP contribution in [0.4, 0.5) is 0 Å². The van der Waals surface area contributed by atoms with E-state index in [2.05, 4.69) is 10.1 Å². The molecule has 0 spiro atoms. The maximum atomic E-state index is 11.3. The van der Waals surface area contributed by atoms with Crippen molar-refractivity contribution >= 4 is 12.0 Å². The van der Waals surface area contributed by atoms with Gasteiger partial charge in [-0.25, -0.2) is 14.5 Å². The number of aromatic nitrogens is 3. The molecular formula is C12H11N3O2. The van der Waals surface area contributed by atoms with Crippen LogP contribution in [-0.4, -0.2) is 20.7 Å². The van der Waals surface area contributed by atoms with Crippen molar-refractivity contribution in [3.63, 3.8) is 0 Å². The Morgan fingerprint density at radius 3 is 2.88 bits per heavy atom. The van der Waals surface area contributed by atoms with E-state index in [0.717, 1.165) is 5.56 Å². The minimum Gasteiger partial charge on any atom is -0.439 e. The zero-order valence-electron chi connectivity index (χ0n) is 9.06. The number of carbonyl (C=O) groups is 1. The van der Waals surface area contributed by atoms with Crippen molar-refractivity contribution in [2.24, 2.45) is 0 Å². The fraction of sp³-hybridized carbons (Fsp3) is 0.0833. The fourth-order valence-corrected chi connectivity index (χ4v) is 1.21. The van der Waals surface area contributed by atoms with Crippen LogP contribution in [0.5, 0.6) is 0 Å². The molecule has 0 amide bonds. The summed E-state index contributed by atoms with van der Waals surface area (Å²) < 4.78 is 6.37. The van der Waals surface area contributed by atoms with Gasteiger partial charge in [-0.3, -0.25) is 0 Å². The molecule has 0 aliphatic rings. The molecule has 0 aliphatic carbocycles. The molecule has 1 heterocycles. The van der Waals surface area contributed by atoms with Gasteiger partial charge in [0.25, 0.3) is 0 Å². The van der Waals surface area contributed by atoms with Gasteiger partial charge in [-0.05, 0) is 11.6 Å². The summed E-state index contributed by atoms with van der Waals surface area (Å²) in [5, 5.41) is 3.81. The molecule has 0 radical (unpaired) electrons. The van der Waals surface area contributed by atoms with E-state index in [9.17, 15) is 4.79 Å². The van der Waals surface area contributed by atoms with Crippen molar-refractivity contribution < 1.29 is 9.53 Å². The smallest absolute Gasteiger partial charge is 0.332 e. The third kappa shape index (κ3) is 3.57. The van der Waals surface area contributed by atoms with E-state index < -0.39 is 5.97 Å². The summed E-state index contributed by atoms with van der Waals surface area (Å²) in [7, 11) is 0. The quantitative estimate of drug-likeness (QED) is 0.588. The van der Waals surface area contributed by atoms with Crippen LogP contribution < -0.4 is 0 Å². The van der Waals surface area contributed by atoms with Crippen molar-refractivity contribution in [2.75, 3.05) is 0 Å². The summed E-state index contributed by atoms with van der Waals surface area (Å²) in [6.45, 7) is 0.0674. The molecule has 0 atom stereocenters. The normalized spacial score (nSPS) is 10.6. The zero-order valence-corrected chi connectivity index (χ0v) is 9.06. The third-order valence-electron chi connectivity index (χ3n) is 2.02. The monoisotopic (exact) mass is 229 g/mol. The highest BCUT2D eigenvalue weighted by Gasteiger charge is 1.97. The average Bonchev–Trinajstić information content (AvgIpc) is 2.88. The molecule has 17 heavy (non-hydrogen) atoms. The summed E-state index contributed by atoms with van der Waals surface area (Å²) in [6, 6.07) is 9.53. The third-order valence-corrected chi connectivity index (χ3v) is 2.02. The molecule has 86 valence electrons. The molecule has 0 aliphatic heterocycles. The molecular weight excluding hydrogens is 218 g/mol. The highest BCUT2D eigenvalue weighted by Crippen LogP contribution is 2.01. The number of nitrogens with zero attached hydrogens (tertiary/aromatic N) is 3. The molecule has 0 N–H and O–H groups in total. The van der Waals surface area contributed by atoms with Crippen molar-refractivity contribution in [1.29, 1.82) is 0 Å². The molecule has 0 bridgehead atoms. The van der Waals surface area contributed by atoms with Crippen molar-refractivity contribution in [3.05, 3.63) is 54.6 Å². The minimum atomic E-state index is -0.413. The van der Waals surface area contributed by atoms with Crippen LogP contribution in [0.3, 0.4) is 0 Å². The van der Waals surface area contributed by atoms with E-state index in [4.69, 9.17) is 4.74 Å². The molecule has 0 saturated heterocycles. The summed E-state index contributed by atoms with van der Waals surface area (Å²) >= 11 is 0. The molecule has 1 aromatic heterocycles. The molecule has 5 heteroatoms. The van der Waals surface area contributed by atoms with Gasteiger partial charge in [0.05, 0.1) is 0 Å². The second kappa shape index (κ2) is 5.60. The Morgan fingerprint density at radius 2 is 2.18 bits per heavy atom. The number of ether oxygens (including phenoxy) is 1. The largest absolute Gasteiger partial charge is 0.439 e. The molecule has 1 aromatic carbocycles. The predicted molar refractivity (Wildman–Crippen MR) is 61.6 cm³/mol. The predicted octanol–water partition coefficient (Wildman–Crippen LogP) is 1.49. The Balaban J connectivity index is 1.83. The van der Waals surface area contributed by atoms with Gasteiger partial charge in [0.15, 0.2) is 6.73 Å². The van der Waals surface area contributed by atoms with E-state index in [0.29, 0.717) is 0 Å². The van der Waals surface area contributed by atoms with Crippen LogP contribution in [0, 0.1) is 0 Å². The Hall–Kier alpha value is -2.43. The Kier molecular flexibility index (Phi) is 3.64. The first-order valence-corrected chi connectivity index (χ1v) is 5.07. The molecule has 0 unspecified atom stereocenters. The fourth-order valence-electron chi connectivity index (χ4n) is 1.21. The van der Waals surface area contributed by atoms with Crippen LogP contribution in [0.2, 0.25) is 0 Å². The van der Waals surface area contributed by atoms with E-state index in [1.165, 1.54) is 23.4 Å². The van der Waals surface area contributed by atoms with Crippen LogP contribution in [0.25, 0.3) is 6.08 Å². The number of esters is 1. The SMILES string of the molecule is O=C(C=Cc1ccccc1)OCn1cncn1. The average molecular weight is 229 g/mol. The van der Waals surface area contributed by atoms with Gasteiger partial charge in [0.1, 0.15) is 12.7 Å². The summed E-state index contributed by atoms with van der Waals surface area (Å²) in [5.74, 6) is -0.413. The lowest BCUT2D eigenvalue weighted by Crippen LogP contribution is -2.07. The van der Waals surface area contributed by atoms with Gasteiger partial charge < -0.3 is 4.74 Å². The maximum absolute atomic E-state index is 11.3. The van der Waals surface area contributed by atoms with Gasteiger partial charge in [-0.1, -0.05) is 30.3 Å². The van der Waals surface area contributed by atoms with Crippen molar-refractivity contribution in [1.82, 2.24) is 14.8 Å². The van der Waals surface area contributed by atoms with E-state index in [1.807, 2.05) is 30.3 Å². The lowest BCUT2D eigenvalue weighted by molar-refractivity contribution is -0.141. The van der Waals surface area contributed by atoms with Gasteiger partial charge in [-0.2, -0.15) is 5.10 Å². The van der Waals surface area contributed by atoms with Crippen LogP contribution >= 0.6 is 0 Å². The van der Waals surface area contributed by atoms with Gasteiger partial charge in [0.2, 0.25) is 0 Å². The zero-order chi connectivity index (χ0) is 11.9. The Morgan fingerprint density at radius 1 is 1.35 bits per heavy atom. The van der Waals surface area contributed by atoms with E-state index >= 15 is 0 Å². The first-order valence-electron chi connectivity index (χ1n) is 5.07. The molecule has 2 rings (SSSR count).